The van der Waals surface area contributed by atoms with Crippen LogP contribution < -0.4 is 10.1 Å². The Kier molecular flexibility index (Phi) is 5.89. The summed E-state index contributed by atoms with van der Waals surface area (Å²) < 4.78 is 6.02. The first kappa shape index (κ1) is 15.4. The molecule has 2 nitrogen and oxygen atoms in total. The van der Waals surface area contributed by atoms with Gasteiger partial charge in [0.25, 0.3) is 0 Å². The second-order valence-electron chi connectivity index (χ2n) is 4.73. The molecule has 4 heteroatoms. The molecule has 0 saturated heterocycles. The molecule has 1 aromatic heterocycles. The van der Waals surface area contributed by atoms with Crippen molar-refractivity contribution in [3.63, 3.8) is 0 Å². The Hall–Kier alpha value is -1.03. The summed E-state index contributed by atoms with van der Waals surface area (Å²) in [5.41, 5.74) is 0. The highest BCUT2D eigenvalue weighted by molar-refractivity contribution is 7.09. The highest BCUT2D eigenvalue weighted by Gasteiger charge is 2.19. The van der Waals surface area contributed by atoms with Gasteiger partial charge in [-0.3, -0.25) is 0 Å². The Labute approximate surface area is 129 Å². The van der Waals surface area contributed by atoms with Crippen molar-refractivity contribution in [2.45, 2.75) is 32.4 Å². The molecule has 1 aromatic carbocycles. The molecule has 0 bridgehead atoms. The van der Waals surface area contributed by atoms with Gasteiger partial charge in [0, 0.05) is 22.4 Å². The lowest BCUT2D eigenvalue weighted by Crippen LogP contribution is -2.42. The molecule has 2 unspecified atom stereocenters. The molecule has 0 aliphatic carbocycles. The molecule has 2 aromatic rings. The number of hydrogen-bond donors (Lipinski definition) is 1. The molecule has 0 radical (unpaired) electrons. The second-order valence-corrected chi connectivity index (χ2v) is 6.20. The average Bonchev–Trinajstić information content (AvgIpc) is 2.91. The molecule has 0 saturated carbocycles. The van der Waals surface area contributed by atoms with E-state index >= 15 is 0 Å². The van der Waals surface area contributed by atoms with Crippen molar-refractivity contribution in [1.29, 1.82) is 0 Å². The van der Waals surface area contributed by atoms with E-state index in [1.807, 2.05) is 24.3 Å². The Morgan fingerprint density at radius 2 is 2.15 bits per heavy atom. The van der Waals surface area contributed by atoms with Crippen molar-refractivity contribution in [2.75, 3.05) is 6.54 Å². The van der Waals surface area contributed by atoms with Crippen LogP contribution in [0.5, 0.6) is 5.75 Å². The normalized spacial score (nSPS) is 13.9. The summed E-state index contributed by atoms with van der Waals surface area (Å²) in [6.45, 7) is 5.15. The largest absolute Gasteiger partial charge is 0.489 e. The summed E-state index contributed by atoms with van der Waals surface area (Å²) in [5, 5.41) is 6.32. The van der Waals surface area contributed by atoms with Crippen LogP contribution in [0.1, 0.15) is 18.7 Å². The highest BCUT2D eigenvalue weighted by Crippen LogP contribution is 2.20. The molecule has 0 amide bonds. The zero-order chi connectivity index (χ0) is 14.4. The smallest absolute Gasteiger partial charge is 0.121 e. The minimum absolute atomic E-state index is 0.0792. The van der Waals surface area contributed by atoms with Gasteiger partial charge in [-0.2, -0.15) is 0 Å². The van der Waals surface area contributed by atoms with E-state index in [4.69, 9.17) is 16.3 Å². The lowest BCUT2D eigenvalue weighted by Gasteiger charge is -2.25. The third kappa shape index (κ3) is 4.51. The van der Waals surface area contributed by atoms with Gasteiger partial charge in [-0.15, -0.1) is 11.3 Å². The van der Waals surface area contributed by atoms with Crippen LogP contribution in [-0.4, -0.2) is 18.7 Å². The van der Waals surface area contributed by atoms with E-state index in [0.717, 1.165) is 18.7 Å². The zero-order valence-electron chi connectivity index (χ0n) is 11.8. The van der Waals surface area contributed by atoms with Crippen molar-refractivity contribution < 1.29 is 4.74 Å². The van der Waals surface area contributed by atoms with Crippen LogP contribution >= 0.6 is 22.9 Å². The molecular formula is C16H20ClNOS. The van der Waals surface area contributed by atoms with Gasteiger partial charge in [-0.05, 0) is 43.1 Å². The summed E-state index contributed by atoms with van der Waals surface area (Å²) in [5.74, 6) is 0.819. The fourth-order valence-corrected chi connectivity index (χ4v) is 3.09. The summed E-state index contributed by atoms with van der Waals surface area (Å²) in [6, 6.07) is 12.1. The van der Waals surface area contributed by atoms with Crippen LogP contribution in [0.2, 0.25) is 5.02 Å². The molecule has 0 spiro atoms. The van der Waals surface area contributed by atoms with Crippen LogP contribution in [-0.2, 0) is 6.42 Å². The van der Waals surface area contributed by atoms with Crippen molar-refractivity contribution in [3.05, 3.63) is 51.7 Å². The minimum Gasteiger partial charge on any atom is -0.489 e. The number of nitrogens with one attached hydrogen (secondary N) is 1. The van der Waals surface area contributed by atoms with Gasteiger partial charge in [0.05, 0.1) is 0 Å². The summed E-state index contributed by atoms with van der Waals surface area (Å²) in [7, 11) is 0. The number of halogens is 1. The summed E-state index contributed by atoms with van der Waals surface area (Å²) >= 11 is 7.78. The molecule has 1 N–H and O–H groups in total. The van der Waals surface area contributed by atoms with Crippen LogP contribution in [0.25, 0.3) is 0 Å². The fraction of sp³-hybridized carbons (Fsp3) is 0.375. The zero-order valence-corrected chi connectivity index (χ0v) is 13.4. The van der Waals surface area contributed by atoms with Gasteiger partial charge in [0.15, 0.2) is 0 Å². The van der Waals surface area contributed by atoms with Gasteiger partial charge in [-0.25, -0.2) is 0 Å². The Morgan fingerprint density at radius 3 is 2.80 bits per heavy atom. The van der Waals surface area contributed by atoms with Crippen molar-refractivity contribution in [2.24, 2.45) is 0 Å². The summed E-state index contributed by atoms with van der Waals surface area (Å²) in [4.78, 5) is 1.37. The number of thiophene rings is 1. The molecule has 2 rings (SSSR count). The maximum atomic E-state index is 6.02. The molecule has 108 valence electrons. The van der Waals surface area contributed by atoms with Crippen LogP contribution in [0.4, 0.5) is 0 Å². The van der Waals surface area contributed by atoms with Crippen molar-refractivity contribution in [1.82, 2.24) is 5.32 Å². The number of rotatable bonds is 7. The SMILES string of the molecule is CCNC(Cc1cccs1)C(C)Oc1cccc(Cl)c1. The molecule has 2 atom stereocenters. The number of ether oxygens (including phenoxy) is 1. The fourth-order valence-electron chi connectivity index (χ4n) is 2.15. The predicted molar refractivity (Wildman–Crippen MR) is 87.0 cm³/mol. The average molecular weight is 310 g/mol. The number of hydrogen-bond acceptors (Lipinski definition) is 3. The van der Waals surface area contributed by atoms with E-state index < -0.39 is 0 Å². The monoisotopic (exact) mass is 309 g/mol. The van der Waals surface area contributed by atoms with Crippen LogP contribution in [0.3, 0.4) is 0 Å². The third-order valence-corrected chi connectivity index (χ3v) is 4.29. The number of likely N-dealkylation sites (N-methyl/N-ethyl adjacent to an activating group) is 1. The molecule has 0 fully saturated rings. The van der Waals surface area contributed by atoms with E-state index in [1.165, 1.54) is 4.88 Å². The maximum Gasteiger partial charge on any atom is 0.121 e. The van der Waals surface area contributed by atoms with E-state index in [0.29, 0.717) is 5.02 Å². The maximum absolute atomic E-state index is 6.02. The second kappa shape index (κ2) is 7.67. The van der Waals surface area contributed by atoms with Gasteiger partial charge >= 0.3 is 0 Å². The van der Waals surface area contributed by atoms with Crippen molar-refractivity contribution in [3.8, 4) is 5.75 Å². The first-order chi connectivity index (χ1) is 9.69. The Balaban J connectivity index is 2.00. The molecule has 1 heterocycles. The molecular weight excluding hydrogens is 290 g/mol. The van der Waals surface area contributed by atoms with Gasteiger partial charge in [0.1, 0.15) is 11.9 Å². The van der Waals surface area contributed by atoms with E-state index in [-0.39, 0.29) is 12.1 Å². The quantitative estimate of drug-likeness (QED) is 0.819. The van der Waals surface area contributed by atoms with E-state index in [1.54, 1.807) is 11.3 Å². The van der Waals surface area contributed by atoms with Gasteiger partial charge in [-0.1, -0.05) is 30.7 Å². The Morgan fingerprint density at radius 1 is 1.30 bits per heavy atom. The third-order valence-electron chi connectivity index (χ3n) is 3.15. The lowest BCUT2D eigenvalue weighted by molar-refractivity contribution is 0.171. The molecule has 0 aliphatic heterocycles. The van der Waals surface area contributed by atoms with Crippen LogP contribution in [0.15, 0.2) is 41.8 Å². The van der Waals surface area contributed by atoms with Gasteiger partial charge in [0.2, 0.25) is 0 Å². The highest BCUT2D eigenvalue weighted by atomic mass is 35.5. The summed E-state index contributed by atoms with van der Waals surface area (Å²) in [6.07, 6.45) is 1.06. The van der Waals surface area contributed by atoms with E-state index in [2.05, 4.69) is 36.7 Å². The topological polar surface area (TPSA) is 21.3 Å². The Bertz CT molecular complexity index is 515. The molecule has 0 aliphatic rings. The first-order valence-electron chi connectivity index (χ1n) is 6.87. The standard InChI is InChI=1S/C16H20ClNOS/c1-3-18-16(11-15-8-5-9-20-15)12(2)19-14-7-4-6-13(17)10-14/h4-10,12,16,18H,3,11H2,1-2H3. The molecule has 20 heavy (non-hydrogen) atoms. The minimum atomic E-state index is 0.0792. The number of benzene rings is 1. The lowest BCUT2D eigenvalue weighted by atomic mass is 10.1. The predicted octanol–water partition coefficient (Wildman–Crippen LogP) is 4.39. The van der Waals surface area contributed by atoms with Crippen LogP contribution in [0, 0.1) is 0 Å². The van der Waals surface area contributed by atoms with Crippen molar-refractivity contribution >= 4 is 22.9 Å². The van der Waals surface area contributed by atoms with E-state index in [9.17, 15) is 0 Å². The first-order valence-corrected chi connectivity index (χ1v) is 8.12. The van der Waals surface area contributed by atoms with Gasteiger partial charge < -0.3 is 10.1 Å².